The molecular formula is C19H22BrN3O2. The van der Waals surface area contributed by atoms with Gasteiger partial charge < -0.3 is 9.88 Å². The first-order chi connectivity index (χ1) is 12.1. The van der Waals surface area contributed by atoms with Crippen LogP contribution in [0.4, 0.5) is 0 Å². The van der Waals surface area contributed by atoms with Crippen LogP contribution in [-0.2, 0) is 11.3 Å². The van der Waals surface area contributed by atoms with E-state index in [4.69, 9.17) is 0 Å². The van der Waals surface area contributed by atoms with E-state index < -0.39 is 0 Å². The highest BCUT2D eigenvalue weighted by Crippen LogP contribution is 2.26. The van der Waals surface area contributed by atoms with Crippen LogP contribution in [0.1, 0.15) is 24.4 Å². The molecule has 1 aliphatic heterocycles. The maximum Gasteiger partial charge on any atom is 0.250 e. The number of likely N-dealkylation sites (tertiary alicyclic amines) is 1. The normalized spacial score (nSPS) is 15.9. The van der Waals surface area contributed by atoms with Gasteiger partial charge in [-0.2, -0.15) is 0 Å². The van der Waals surface area contributed by atoms with Gasteiger partial charge in [0.2, 0.25) is 5.91 Å². The van der Waals surface area contributed by atoms with Crippen molar-refractivity contribution < 1.29 is 4.79 Å². The molecule has 1 aromatic carbocycles. The standard InChI is InChI=1S/C19H22BrN3O2/c20-16-8-6-15(7-9-16)18(23-12-3-4-13-23)19(25)21-10-14-22-11-2-1-5-17(22)24/h1-2,5-9,11,18H,3-4,10,12-14H2,(H,21,25). The molecule has 0 bridgehead atoms. The summed E-state index contributed by atoms with van der Waals surface area (Å²) in [7, 11) is 0. The van der Waals surface area contributed by atoms with Gasteiger partial charge in [-0.25, -0.2) is 0 Å². The molecule has 6 heteroatoms. The Hall–Kier alpha value is -1.92. The van der Waals surface area contributed by atoms with Crippen LogP contribution in [0.2, 0.25) is 0 Å². The van der Waals surface area contributed by atoms with Gasteiger partial charge in [-0.1, -0.05) is 34.1 Å². The van der Waals surface area contributed by atoms with Gasteiger partial charge in [0.25, 0.3) is 5.56 Å². The highest BCUT2D eigenvalue weighted by molar-refractivity contribution is 9.10. The van der Waals surface area contributed by atoms with Gasteiger partial charge in [0.1, 0.15) is 6.04 Å². The van der Waals surface area contributed by atoms with Gasteiger partial charge >= 0.3 is 0 Å². The second kappa shape index (κ2) is 8.45. The molecule has 1 unspecified atom stereocenters. The summed E-state index contributed by atoms with van der Waals surface area (Å²) in [6.07, 6.45) is 3.99. The van der Waals surface area contributed by atoms with Crippen molar-refractivity contribution in [1.82, 2.24) is 14.8 Å². The maximum absolute atomic E-state index is 12.8. The van der Waals surface area contributed by atoms with Crippen LogP contribution in [0.3, 0.4) is 0 Å². The number of nitrogens with one attached hydrogen (secondary N) is 1. The minimum atomic E-state index is -0.275. The molecule has 0 radical (unpaired) electrons. The summed E-state index contributed by atoms with van der Waals surface area (Å²) in [5.74, 6) is -0.00629. The van der Waals surface area contributed by atoms with Gasteiger partial charge in [-0.3, -0.25) is 14.5 Å². The van der Waals surface area contributed by atoms with Crippen molar-refractivity contribution in [3.05, 3.63) is 69.1 Å². The Morgan fingerprint density at radius 1 is 1.12 bits per heavy atom. The van der Waals surface area contributed by atoms with Crippen molar-refractivity contribution >= 4 is 21.8 Å². The zero-order valence-electron chi connectivity index (χ0n) is 14.0. The molecule has 1 saturated heterocycles. The van der Waals surface area contributed by atoms with Gasteiger partial charge in [0.05, 0.1) is 0 Å². The smallest absolute Gasteiger partial charge is 0.250 e. The molecule has 1 aromatic heterocycles. The zero-order chi connectivity index (χ0) is 17.6. The zero-order valence-corrected chi connectivity index (χ0v) is 15.6. The van der Waals surface area contributed by atoms with Crippen molar-refractivity contribution in [3.8, 4) is 0 Å². The lowest BCUT2D eigenvalue weighted by molar-refractivity contribution is -0.126. The summed E-state index contributed by atoms with van der Waals surface area (Å²) >= 11 is 3.44. The van der Waals surface area contributed by atoms with Crippen molar-refractivity contribution in [1.29, 1.82) is 0 Å². The van der Waals surface area contributed by atoms with Crippen molar-refractivity contribution in [2.75, 3.05) is 19.6 Å². The quantitative estimate of drug-likeness (QED) is 0.806. The SMILES string of the molecule is O=C(NCCn1ccccc1=O)C(c1ccc(Br)cc1)N1CCCC1. The highest BCUT2D eigenvalue weighted by Gasteiger charge is 2.29. The second-order valence-electron chi connectivity index (χ2n) is 6.22. The molecule has 2 aromatic rings. The van der Waals surface area contributed by atoms with Crippen molar-refractivity contribution in [2.45, 2.75) is 25.4 Å². The van der Waals surface area contributed by atoms with Crippen molar-refractivity contribution in [3.63, 3.8) is 0 Å². The molecule has 3 rings (SSSR count). The van der Waals surface area contributed by atoms with E-state index in [-0.39, 0.29) is 17.5 Å². The van der Waals surface area contributed by atoms with Crippen molar-refractivity contribution in [2.24, 2.45) is 0 Å². The number of benzene rings is 1. The number of hydrogen-bond donors (Lipinski definition) is 1. The largest absolute Gasteiger partial charge is 0.353 e. The van der Waals surface area contributed by atoms with Crippen LogP contribution < -0.4 is 10.9 Å². The number of amides is 1. The Labute approximate surface area is 155 Å². The summed E-state index contributed by atoms with van der Waals surface area (Å²) in [5.41, 5.74) is 0.945. The molecule has 2 heterocycles. The number of nitrogens with zero attached hydrogens (tertiary/aromatic N) is 2. The second-order valence-corrected chi connectivity index (χ2v) is 7.14. The Kier molecular flexibility index (Phi) is 6.04. The molecule has 0 spiro atoms. The van der Waals surface area contributed by atoms with Gasteiger partial charge in [0, 0.05) is 29.8 Å². The Morgan fingerprint density at radius 3 is 2.52 bits per heavy atom. The molecule has 5 nitrogen and oxygen atoms in total. The summed E-state index contributed by atoms with van der Waals surface area (Å²) in [6, 6.07) is 12.7. The Balaban J connectivity index is 1.67. The fourth-order valence-electron chi connectivity index (χ4n) is 3.21. The summed E-state index contributed by atoms with van der Waals surface area (Å²) < 4.78 is 2.60. The third-order valence-corrected chi connectivity index (χ3v) is 5.02. The molecule has 1 fully saturated rings. The maximum atomic E-state index is 12.8. The molecular weight excluding hydrogens is 382 g/mol. The van der Waals surface area contributed by atoms with E-state index in [1.54, 1.807) is 16.8 Å². The van der Waals surface area contributed by atoms with Gasteiger partial charge in [0.15, 0.2) is 0 Å². The average Bonchev–Trinajstić information content (AvgIpc) is 3.13. The Bertz CT molecular complexity index is 767. The van der Waals surface area contributed by atoms with E-state index in [2.05, 4.69) is 26.1 Å². The fourth-order valence-corrected chi connectivity index (χ4v) is 3.48. The number of halogens is 1. The van der Waals surface area contributed by atoms with Crippen LogP contribution in [0.5, 0.6) is 0 Å². The number of aromatic nitrogens is 1. The number of hydrogen-bond acceptors (Lipinski definition) is 3. The molecule has 1 amide bonds. The van der Waals surface area contributed by atoms with E-state index in [1.807, 2.05) is 30.3 Å². The number of rotatable bonds is 6. The lowest BCUT2D eigenvalue weighted by Crippen LogP contribution is -2.40. The molecule has 25 heavy (non-hydrogen) atoms. The molecule has 1 N–H and O–H groups in total. The lowest BCUT2D eigenvalue weighted by atomic mass is 10.0. The summed E-state index contributed by atoms with van der Waals surface area (Å²) in [5, 5.41) is 3.00. The molecule has 132 valence electrons. The van der Waals surface area contributed by atoms with E-state index in [1.165, 1.54) is 6.07 Å². The number of carbonyl (C=O) groups excluding carboxylic acids is 1. The molecule has 0 saturated carbocycles. The van der Waals surface area contributed by atoms with E-state index in [0.717, 1.165) is 36.0 Å². The van der Waals surface area contributed by atoms with Gasteiger partial charge in [-0.15, -0.1) is 0 Å². The fraction of sp³-hybridized carbons (Fsp3) is 0.368. The summed E-state index contributed by atoms with van der Waals surface area (Å²) in [6.45, 7) is 2.78. The van der Waals surface area contributed by atoms with E-state index in [0.29, 0.717) is 13.1 Å². The number of pyridine rings is 1. The first-order valence-electron chi connectivity index (χ1n) is 8.58. The monoisotopic (exact) mass is 403 g/mol. The molecule has 1 aliphatic rings. The third-order valence-electron chi connectivity index (χ3n) is 4.49. The van der Waals surface area contributed by atoms with Crippen LogP contribution in [0.25, 0.3) is 0 Å². The van der Waals surface area contributed by atoms with E-state index >= 15 is 0 Å². The van der Waals surface area contributed by atoms with Crippen LogP contribution >= 0.6 is 15.9 Å². The van der Waals surface area contributed by atoms with E-state index in [9.17, 15) is 9.59 Å². The minimum absolute atomic E-state index is 0.00629. The predicted octanol–water partition coefficient (Wildman–Crippen LogP) is 2.56. The molecule has 1 atom stereocenters. The topological polar surface area (TPSA) is 54.3 Å². The predicted molar refractivity (Wildman–Crippen MR) is 101 cm³/mol. The first-order valence-corrected chi connectivity index (χ1v) is 9.37. The van der Waals surface area contributed by atoms with Gasteiger partial charge in [-0.05, 0) is 49.7 Å². The number of carbonyl (C=O) groups is 1. The summed E-state index contributed by atoms with van der Waals surface area (Å²) in [4.78, 5) is 26.8. The highest BCUT2D eigenvalue weighted by atomic mass is 79.9. The Morgan fingerprint density at radius 2 is 1.84 bits per heavy atom. The first kappa shape index (κ1) is 17.9. The third kappa shape index (κ3) is 4.58. The van der Waals surface area contributed by atoms with Crippen LogP contribution in [0, 0.1) is 0 Å². The van der Waals surface area contributed by atoms with Crippen LogP contribution in [0.15, 0.2) is 57.9 Å². The lowest BCUT2D eigenvalue weighted by Gasteiger charge is -2.27. The minimum Gasteiger partial charge on any atom is -0.353 e. The average molecular weight is 404 g/mol. The molecule has 0 aliphatic carbocycles. The van der Waals surface area contributed by atoms with Crippen LogP contribution in [-0.4, -0.2) is 35.0 Å².